The van der Waals surface area contributed by atoms with Crippen molar-refractivity contribution in [1.82, 2.24) is 19.4 Å². The maximum absolute atomic E-state index is 18.2. The average molecular weight is 939 g/mol. The van der Waals surface area contributed by atoms with E-state index in [1.165, 1.54) is 14.2 Å². The highest BCUT2D eigenvalue weighted by atomic mass is 19.4. The molecular weight excluding hydrogens is 888 g/mol. The van der Waals surface area contributed by atoms with Crippen LogP contribution in [-0.4, -0.2) is 76.1 Å². The van der Waals surface area contributed by atoms with Crippen molar-refractivity contribution < 1.29 is 45.7 Å². The Morgan fingerprint density at radius 2 is 1.47 bits per heavy atom. The molecule has 2 saturated heterocycles. The zero-order chi connectivity index (χ0) is 48.4. The highest BCUT2D eigenvalue weighted by Crippen LogP contribution is 2.49. The van der Waals surface area contributed by atoms with Crippen LogP contribution in [0.3, 0.4) is 0 Å². The molecule has 2 fully saturated rings. The topological polar surface area (TPSA) is 111 Å². The van der Waals surface area contributed by atoms with Crippen LogP contribution in [0.25, 0.3) is 22.2 Å². The maximum atomic E-state index is 18.2. The molecule has 4 aromatic carbocycles. The molecule has 9 rings (SSSR count). The molecule has 2 bridgehead atoms. The summed E-state index contributed by atoms with van der Waals surface area (Å²) >= 11 is 0. The molecule has 356 valence electrons. The van der Waals surface area contributed by atoms with Crippen molar-refractivity contribution in [1.29, 1.82) is 0 Å². The summed E-state index contributed by atoms with van der Waals surface area (Å²) in [4.78, 5) is 42.5. The number of carbonyl (C=O) groups excluding carboxylic acids is 1. The lowest BCUT2D eigenvalue weighted by Gasteiger charge is -2.48. The summed E-state index contributed by atoms with van der Waals surface area (Å²) < 4.78 is 106. The summed E-state index contributed by atoms with van der Waals surface area (Å²) in [5, 5.41) is -0.0190. The Morgan fingerprint density at radius 3 is 2.04 bits per heavy atom. The lowest BCUT2D eigenvalue weighted by molar-refractivity contribution is -0.137. The number of hydrogen-bond acceptors (Lipinski definition) is 10. The van der Waals surface area contributed by atoms with Crippen LogP contribution in [0.4, 0.5) is 38.3 Å². The molecule has 68 heavy (non-hydrogen) atoms. The van der Waals surface area contributed by atoms with Gasteiger partial charge in [0, 0.05) is 25.2 Å². The van der Waals surface area contributed by atoms with E-state index in [1.54, 1.807) is 116 Å². The molecule has 5 heterocycles. The highest BCUT2D eigenvalue weighted by molar-refractivity contribution is 5.98. The predicted octanol–water partition coefficient (Wildman–Crippen LogP) is 10.1. The number of fused-ring (bicyclic) bond motifs is 5. The fraction of sp³-hybridized carbons (Fsp3) is 0.373. The molecule has 2 aromatic heterocycles. The van der Waals surface area contributed by atoms with Crippen LogP contribution in [0.2, 0.25) is 0 Å². The standard InChI is InChI=1S/C51H51F5N6O6/c1-28-40(51(54,55)56)36(23-38(41(28)52)59(24-31-13-18-34(65-6)19-14-31)25-32-15-20-35(66-7)21-16-32)43-42(53)45-39-46(58-48(63)61(45)26-30-11-9-8-10-12-30)60-27-33-17-22-37(44(60)29(2)67-47(39)57-43)62(33)49(64)68-50(3,4)5/h8-16,18-21,23,29,33,37,44H,17,22,24-27H2,1-7H3/t29-,33+,37-,44+/m0/s1. The van der Waals surface area contributed by atoms with Gasteiger partial charge in [0.05, 0.1) is 50.1 Å². The number of halogens is 5. The molecule has 6 aromatic rings. The van der Waals surface area contributed by atoms with Gasteiger partial charge in [-0.25, -0.2) is 23.4 Å². The molecule has 3 aliphatic heterocycles. The summed E-state index contributed by atoms with van der Waals surface area (Å²) in [6.45, 7) is 8.06. The van der Waals surface area contributed by atoms with Crippen molar-refractivity contribution in [3.63, 3.8) is 0 Å². The minimum absolute atomic E-state index is 0.0159. The molecule has 17 heteroatoms. The second-order valence-corrected chi connectivity index (χ2v) is 18.6. The van der Waals surface area contributed by atoms with Crippen LogP contribution >= 0.6 is 0 Å². The number of carbonyl (C=O) groups is 1. The van der Waals surface area contributed by atoms with Gasteiger partial charge in [-0.2, -0.15) is 18.2 Å². The van der Waals surface area contributed by atoms with Crippen LogP contribution in [-0.2, 0) is 30.5 Å². The van der Waals surface area contributed by atoms with E-state index in [2.05, 4.69) is 9.97 Å². The van der Waals surface area contributed by atoms with Gasteiger partial charge in [-0.05, 0) is 100 Å². The number of hydrogen-bond donors (Lipinski definition) is 0. The Morgan fingerprint density at radius 1 is 0.853 bits per heavy atom. The average Bonchev–Trinajstić information content (AvgIpc) is 3.55. The van der Waals surface area contributed by atoms with Gasteiger partial charge in [0.1, 0.15) is 51.4 Å². The molecular formula is C51H51F5N6O6. The number of pyridine rings is 1. The first-order valence-electron chi connectivity index (χ1n) is 22.4. The molecule has 12 nitrogen and oxygen atoms in total. The number of rotatable bonds is 10. The normalized spacial score (nSPS) is 18.8. The molecule has 0 radical (unpaired) electrons. The molecule has 3 aliphatic rings. The molecule has 0 aliphatic carbocycles. The summed E-state index contributed by atoms with van der Waals surface area (Å²) in [5.41, 5.74) is -4.16. The van der Waals surface area contributed by atoms with Gasteiger partial charge in [0.2, 0.25) is 5.88 Å². The second-order valence-electron chi connectivity index (χ2n) is 18.6. The Kier molecular flexibility index (Phi) is 12.0. The van der Waals surface area contributed by atoms with E-state index in [4.69, 9.17) is 18.9 Å². The zero-order valence-corrected chi connectivity index (χ0v) is 38.7. The van der Waals surface area contributed by atoms with Crippen molar-refractivity contribution in [2.24, 2.45) is 0 Å². The van der Waals surface area contributed by atoms with Gasteiger partial charge in [0.15, 0.2) is 5.82 Å². The van der Waals surface area contributed by atoms with Crippen molar-refractivity contribution in [2.75, 3.05) is 30.6 Å². The third kappa shape index (κ3) is 8.51. The number of anilines is 2. The van der Waals surface area contributed by atoms with Crippen LogP contribution in [0.15, 0.2) is 89.7 Å². The smallest absolute Gasteiger partial charge is 0.417 e. The van der Waals surface area contributed by atoms with Gasteiger partial charge >= 0.3 is 18.0 Å². The number of benzene rings is 4. The largest absolute Gasteiger partial charge is 0.497 e. The fourth-order valence-electron chi connectivity index (χ4n) is 9.98. The van der Waals surface area contributed by atoms with Gasteiger partial charge in [-0.1, -0.05) is 54.6 Å². The molecule has 0 spiro atoms. The van der Waals surface area contributed by atoms with Gasteiger partial charge in [-0.15, -0.1) is 0 Å². The number of aromatic nitrogens is 3. The molecule has 4 atom stereocenters. The van der Waals surface area contributed by atoms with Crippen molar-refractivity contribution >= 4 is 28.5 Å². The summed E-state index contributed by atoms with van der Waals surface area (Å²) in [7, 11) is 3.03. The Labute approximate surface area is 389 Å². The highest BCUT2D eigenvalue weighted by Gasteiger charge is 2.54. The third-order valence-corrected chi connectivity index (χ3v) is 13.0. The monoisotopic (exact) mass is 938 g/mol. The van der Waals surface area contributed by atoms with Crippen LogP contribution in [0, 0.1) is 18.6 Å². The maximum Gasteiger partial charge on any atom is 0.417 e. The van der Waals surface area contributed by atoms with E-state index >= 15 is 22.0 Å². The summed E-state index contributed by atoms with van der Waals surface area (Å²) in [6, 6.07) is 22.1. The lowest BCUT2D eigenvalue weighted by atomic mass is 9.95. The number of alkyl halides is 3. The number of nitrogens with zero attached hydrogens (tertiary/aromatic N) is 6. The van der Waals surface area contributed by atoms with E-state index < -0.39 is 75.8 Å². The first kappa shape index (κ1) is 46.2. The van der Waals surface area contributed by atoms with E-state index in [0.717, 1.165) is 17.6 Å². The van der Waals surface area contributed by atoms with Gasteiger partial charge in [-0.3, -0.25) is 9.47 Å². The number of ether oxygens (including phenoxy) is 4. The molecule has 1 amide bonds. The van der Waals surface area contributed by atoms with E-state index in [9.17, 15) is 9.59 Å². The van der Waals surface area contributed by atoms with E-state index in [1.807, 2.05) is 4.90 Å². The van der Waals surface area contributed by atoms with Gasteiger partial charge < -0.3 is 28.7 Å². The molecule has 0 N–H and O–H groups in total. The minimum atomic E-state index is -5.21. The van der Waals surface area contributed by atoms with Crippen LogP contribution < -0.4 is 29.7 Å². The second kappa shape index (κ2) is 17.6. The number of amides is 1. The summed E-state index contributed by atoms with van der Waals surface area (Å²) in [5.74, 6) is -1.53. The van der Waals surface area contributed by atoms with E-state index in [0.29, 0.717) is 41.0 Å². The van der Waals surface area contributed by atoms with E-state index in [-0.39, 0.29) is 60.5 Å². The molecule has 0 unspecified atom stereocenters. The Bertz CT molecular complexity index is 2890. The molecule has 0 saturated carbocycles. The Hall–Kier alpha value is -6.91. The van der Waals surface area contributed by atoms with Crippen LogP contribution in [0.1, 0.15) is 68.4 Å². The number of methoxy groups -OCH3 is 2. The number of piperazine rings is 1. The third-order valence-electron chi connectivity index (χ3n) is 13.0. The summed E-state index contributed by atoms with van der Waals surface area (Å²) in [6.07, 6.45) is -5.40. The first-order chi connectivity index (χ1) is 32.3. The van der Waals surface area contributed by atoms with Gasteiger partial charge in [0.25, 0.3) is 0 Å². The first-order valence-corrected chi connectivity index (χ1v) is 22.4. The van der Waals surface area contributed by atoms with Crippen LogP contribution in [0.5, 0.6) is 17.4 Å². The fourth-order valence-corrected chi connectivity index (χ4v) is 9.98. The minimum Gasteiger partial charge on any atom is -0.497 e. The van der Waals surface area contributed by atoms with Crippen molar-refractivity contribution in [3.05, 3.63) is 135 Å². The van der Waals surface area contributed by atoms with Crippen molar-refractivity contribution in [2.45, 2.75) is 103 Å². The van der Waals surface area contributed by atoms with Crippen molar-refractivity contribution in [3.8, 4) is 28.6 Å². The predicted molar refractivity (Wildman–Crippen MR) is 246 cm³/mol. The Balaban J connectivity index is 1.27. The lowest BCUT2D eigenvalue weighted by Crippen LogP contribution is -2.65. The SMILES string of the molecule is COc1ccc(CN(Cc2ccc(OC)cc2)c2cc(-c3nc4c5c(nc(=O)n(Cc6ccccc6)c5c3F)N3C[C@H]5CC[C@@H]([C@H]3[C@H](C)O4)N5C(=O)OC(C)(C)C)c(C(F)(F)F)c(C)c2F)cc1. The zero-order valence-electron chi connectivity index (χ0n) is 38.7. The quantitative estimate of drug-likeness (QED) is 0.123.